The molecule has 2 saturated carbocycles. The number of aryl methyl sites for hydroxylation is 2. The minimum atomic E-state index is 0.850. The van der Waals surface area contributed by atoms with Crippen LogP contribution in [0, 0.1) is 17.8 Å². The standard InChI is InChI=1S/C15H26N4/c1-3-4-13-14(16)15(19(2)18-13)17-9-12-8-10-5-6-11(12)7-10/h10-12,17H,3-9,16H2,1-2H3. The minimum absolute atomic E-state index is 0.850. The molecule has 19 heavy (non-hydrogen) atoms. The zero-order valence-electron chi connectivity index (χ0n) is 12.2. The van der Waals surface area contributed by atoms with Gasteiger partial charge in [-0.3, -0.25) is 4.68 Å². The van der Waals surface area contributed by atoms with E-state index in [1.807, 2.05) is 11.7 Å². The molecule has 2 aliphatic carbocycles. The molecule has 3 rings (SSSR count). The predicted octanol–water partition coefficient (Wildman–Crippen LogP) is 2.80. The highest BCUT2D eigenvalue weighted by Crippen LogP contribution is 2.48. The maximum Gasteiger partial charge on any atom is 0.147 e. The van der Waals surface area contributed by atoms with Gasteiger partial charge in [-0.2, -0.15) is 5.10 Å². The van der Waals surface area contributed by atoms with Crippen LogP contribution in [0.25, 0.3) is 0 Å². The summed E-state index contributed by atoms with van der Waals surface area (Å²) in [6.07, 6.45) is 7.85. The van der Waals surface area contributed by atoms with E-state index in [2.05, 4.69) is 17.3 Å². The smallest absolute Gasteiger partial charge is 0.147 e. The topological polar surface area (TPSA) is 55.9 Å². The van der Waals surface area contributed by atoms with Crippen LogP contribution in [0.4, 0.5) is 11.5 Å². The normalized spacial score (nSPS) is 29.1. The highest BCUT2D eigenvalue weighted by molar-refractivity contribution is 5.65. The summed E-state index contributed by atoms with van der Waals surface area (Å²) in [6.45, 7) is 3.23. The number of nitrogens with two attached hydrogens (primary N) is 1. The first-order valence-electron chi connectivity index (χ1n) is 7.74. The first-order chi connectivity index (χ1) is 9.19. The van der Waals surface area contributed by atoms with Gasteiger partial charge in [0.15, 0.2) is 0 Å². The maximum absolute atomic E-state index is 6.21. The molecule has 106 valence electrons. The van der Waals surface area contributed by atoms with Crippen molar-refractivity contribution in [2.75, 3.05) is 17.6 Å². The molecule has 1 heterocycles. The summed E-state index contributed by atoms with van der Waals surface area (Å²) >= 11 is 0. The van der Waals surface area contributed by atoms with Gasteiger partial charge in [-0.25, -0.2) is 0 Å². The Kier molecular flexibility index (Phi) is 3.42. The van der Waals surface area contributed by atoms with Gasteiger partial charge in [0.25, 0.3) is 0 Å². The summed E-state index contributed by atoms with van der Waals surface area (Å²) in [5.74, 6) is 3.84. The molecule has 2 bridgehead atoms. The van der Waals surface area contributed by atoms with Crippen molar-refractivity contribution in [1.82, 2.24) is 9.78 Å². The fraction of sp³-hybridized carbons (Fsp3) is 0.800. The van der Waals surface area contributed by atoms with Gasteiger partial charge in [0.05, 0.1) is 11.4 Å². The zero-order valence-corrected chi connectivity index (χ0v) is 12.2. The molecular weight excluding hydrogens is 236 g/mol. The Bertz CT molecular complexity index is 451. The summed E-state index contributed by atoms with van der Waals surface area (Å²) in [5.41, 5.74) is 8.10. The summed E-state index contributed by atoms with van der Waals surface area (Å²) in [4.78, 5) is 0. The van der Waals surface area contributed by atoms with E-state index in [1.165, 1.54) is 25.7 Å². The van der Waals surface area contributed by atoms with E-state index >= 15 is 0 Å². The van der Waals surface area contributed by atoms with Crippen molar-refractivity contribution in [1.29, 1.82) is 0 Å². The van der Waals surface area contributed by atoms with E-state index in [4.69, 9.17) is 5.73 Å². The summed E-state index contributed by atoms with van der Waals surface area (Å²) in [5, 5.41) is 8.08. The van der Waals surface area contributed by atoms with Gasteiger partial charge in [0.2, 0.25) is 0 Å². The number of anilines is 2. The number of hydrogen-bond donors (Lipinski definition) is 2. The molecule has 0 amide bonds. The maximum atomic E-state index is 6.21. The Morgan fingerprint density at radius 2 is 2.21 bits per heavy atom. The summed E-state index contributed by atoms with van der Waals surface area (Å²) in [7, 11) is 1.98. The molecule has 2 aliphatic rings. The lowest BCUT2D eigenvalue weighted by Crippen LogP contribution is -2.21. The number of nitrogens with one attached hydrogen (secondary N) is 1. The van der Waals surface area contributed by atoms with Crippen LogP contribution in [0.2, 0.25) is 0 Å². The van der Waals surface area contributed by atoms with E-state index in [1.54, 1.807) is 0 Å². The molecule has 3 atom stereocenters. The fourth-order valence-corrected chi connectivity index (χ4v) is 4.08. The van der Waals surface area contributed by atoms with Crippen LogP contribution in [0.15, 0.2) is 0 Å². The number of nitrogen functional groups attached to an aromatic ring is 1. The molecule has 1 aromatic rings. The molecular formula is C15H26N4. The van der Waals surface area contributed by atoms with Crippen LogP contribution in [0.5, 0.6) is 0 Å². The molecule has 4 heteroatoms. The highest BCUT2D eigenvalue weighted by Gasteiger charge is 2.39. The van der Waals surface area contributed by atoms with Crippen LogP contribution >= 0.6 is 0 Å². The lowest BCUT2D eigenvalue weighted by Gasteiger charge is -2.22. The Morgan fingerprint density at radius 1 is 1.37 bits per heavy atom. The Hall–Kier alpha value is -1.19. The fourth-order valence-electron chi connectivity index (χ4n) is 4.08. The number of fused-ring (bicyclic) bond motifs is 2. The van der Waals surface area contributed by atoms with Crippen molar-refractivity contribution in [3.05, 3.63) is 5.69 Å². The summed E-state index contributed by atoms with van der Waals surface area (Å²) < 4.78 is 1.91. The van der Waals surface area contributed by atoms with Gasteiger partial charge in [0, 0.05) is 13.6 Å². The van der Waals surface area contributed by atoms with Gasteiger partial charge < -0.3 is 11.1 Å². The SMILES string of the molecule is CCCc1nn(C)c(NCC2CC3CCC2C3)c1N. The largest absolute Gasteiger partial charge is 0.394 e. The number of nitrogens with zero attached hydrogens (tertiary/aromatic N) is 2. The van der Waals surface area contributed by atoms with Gasteiger partial charge in [-0.1, -0.05) is 19.8 Å². The van der Waals surface area contributed by atoms with Gasteiger partial charge in [-0.05, 0) is 43.4 Å². The monoisotopic (exact) mass is 262 g/mol. The third-order valence-electron chi connectivity index (χ3n) is 5.06. The van der Waals surface area contributed by atoms with Crippen LogP contribution in [-0.4, -0.2) is 16.3 Å². The van der Waals surface area contributed by atoms with Crippen molar-refractivity contribution < 1.29 is 0 Å². The third-order valence-corrected chi connectivity index (χ3v) is 5.06. The lowest BCUT2D eigenvalue weighted by atomic mass is 9.89. The van der Waals surface area contributed by atoms with Gasteiger partial charge in [0.1, 0.15) is 5.82 Å². The van der Waals surface area contributed by atoms with Crippen LogP contribution in [0.3, 0.4) is 0 Å². The van der Waals surface area contributed by atoms with E-state index in [0.717, 1.165) is 54.3 Å². The molecule has 3 unspecified atom stereocenters. The Labute approximate surface area is 115 Å². The third kappa shape index (κ3) is 2.33. The molecule has 4 nitrogen and oxygen atoms in total. The van der Waals surface area contributed by atoms with Crippen molar-refractivity contribution in [2.45, 2.75) is 45.4 Å². The van der Waals surface area contributed by atoms with Crippen LogP contribution in [0.1, 0.15) is 44.7 Å². The second-order valence-corrected chi connectivity index (χ2v) is 6.40. The molecule has 0 aliphatic heterocycles. The second-order valence-electron chi connectivity index (χ2n) is 6.40. The number of aromatic nitrogens is 2. The van der Waals surface area contributed by atoms with Crippen molar-refractivity contribution in [2.24, 2.45) is 24.8 Å². The van der Waals surface area contributed by atoms with E-state index < -0.39 is 0 Å². The van der Waals surface area contributed by atoms with E-state index in [9.17, 15) is 0 Å². The van der Waals surface area contributed by atoms with Gasteiger partial charge >= 0.3 is 0 Å². The van der Waals surface area contributed by atoms with Crippen LogP contribution in [-0.2, 0) is 13.5 Å². The molecule has 3 N–H and O–H groups in total. The molecule has 0 aromatic carbocycles. The number of hydrogen-bond acceptors (Lipinski definition) is 3. The van der Waals surface area contributed by atoms with E-state index in [-0.39, 0.29) is 0 Å². The second kappa shape index (κ2) is 5.06. The molecule has 0 saturated heterocycles. The zero-order chi connectivity index (χ0) is 13.4. The minimum Gasteiger partial charge on any atom is -0.394 e. The summed E-state index contributed by atoms with van der Waals surface area (Å²) in [6, 6.07) is 0. The molecule has 1 aromatic heterocycles. The molecule has 0 radical (unpaired) electrons. The Morgan fingerprint density at radius 3 is 2.84 bits per heavy atom. The average Bonchev–Trinajstić information content (AvgIpc) is 3.05. The predicted molar refractivity (Wildman–Crippen MR) is 79.0 cm³/mol. The highest BCUT2D eigenvalue weighted by atomic mass is 15.3. The first-order valence-corrected chi connectivity index (χ1v) is 7.74. The Balaban J connectivity index is 1.63. The first kappa shape index (κ1) is 12.8. The molecule has 0 spiro atoms. The van der Waals surface area contributed by atoms with Crippen LogP contribution < -0.4 is 11.1 Å². The number of rotatable bonds is 5. The van der Waals surface area contributed by atoms with E-state index in [0.29, 0.717) is 0 Å². The molecule has 2 fully saturated rings. The van der Waals surface area contributed by atoms with Crippen molar-refractivity contribution in [3.63, 3.8) is 0 Å². The van der Waals surface area contributed by atoms with Crippen molar-refractivity contribution >= 4 is 11.5 Å². The van der Waals surface area contributed by atoms with Crippen molar-refractivity contribution in [3.8, 4) is 0 Å². The lowest BCUT2D eigenvalue weighted by molar-refractivity contribution is 0.348. The quantitative estimate of drug-likeness (QED) is 0.858. The average molecular weight is 262 g/mol. The van der Waals surface area contributed by atoms with Gasteiger partial charge in [-0.15, -0.1) is 0 Å².